The largest absolute Gasteiger partial charge is 0.412 e. The summed E-state index contributed by atoms with van der Waals surface area (Å²) in [5, 5.41) is 0.660. The van der Waals surface area contributed by atoms with Crippen molar-refractivity contribution in [2.45, 2.75) is 38.0 Å². The predicted octanol–water partition coefficient (Wildman–Crippen LogP) is 6.20. The zero-order valence-corrected chi connectivity index (χ0v) is 19.5. The zero-order chi connectivity index (χ0) is 14.9. The molecule has 0 aliphatic rings. The number of aromatic nitrogens is 1. The van der Waals surface area contributed by atoms with E-state index in [0.717, 1.165) is 5.56 Å². The van der Waals surface area contributed by atoms with E-state index < -0.39 is 8.32 Å². The Morgan fingerprint density at radius 3 is 2.26 bits per heavy atom. The molecule has 19 heavy (non-hydrogen) atoms. The van der Waals surface area contributed by atoms with Crippen molar-refractivity contribution >= 4 is 87.7 Å². The Kier molecular flexibility index (Phi) is 6.87. The van der Waals surface area contributed by atoms with Crippen LogP contribution in [0.1, 0.15) is 19.4 Å². The summed E-state index contributed by atoms with van der Waals surface area (Å²) in [7, 11) is -1.85. The zero-order valence-electron chi connectivity index (χ0n) is 11.3. The summed E-state index contributed by atoms with van der Waals surface area (Å²) in [6.45, 7) is 9.75. The molecule has 0 N–H and O–H groups in total. The number of hydrogen-bond donors (Lipinski definition) is 0. The van der Waals surface area contributed by atoms with Crippen LogP contribution in [-0.4, -0.2) is 12.7 Å². The van der Waals surface area contributed by atoms with Crippen molar-refractivity contribution in [1.29, 1.82) is 0 Å². The average molecular weight is 636 g/mol. The van der Waals surface area contributed by atoms with Crippen LogP contribution >= 0.6 is 79.4 Å². The van der Waals surface area contributed by atoms with Crippen molar-refractivity contribution in [3.63, 3.8) is 0 Å². The van der Waals surface area contributed by atoms with E-state index >= 15 is 0 Å². The molecule has 2 nitrogen and oxygen atoms in total. The molecule has 0 bridgehead atoms. The Hall–Kier alpha value is 1.81. The van der Waals surface area contributed by atoms with Gasteiger partial charge < -0.3 is 4.43 Å². The van der Waals surface area contributed by atoms with E-state index in [1.165, 1.54) is 0 Å². The number of hydrogen-bond acceptors (Lipinski definition) is 2. The lowest BCUT2D eigenvalue weighted by Gasteiger charge is -2.44. The molecule has 0 aliphatic carbocycles. The van der Waals surface area contributed by atoms with Crippen LogP contribution in [0.4, 0.5) is 0 Å². The molecule has 0 spiro atoms. The SMILES string of the molecule is CC(C)(C(I)(I)I)[Si](C)(C)OCc1ccc(Cl)nc1. The van der Waals surface area contributed by atoms with E-state index in [2.05, 4.69) is 99.7 Å². The molecule has 0 aromatic carbocycles. The van der Waals surface area contributed by atoms with E-state index in [1.54, 1.807) is 12.3 Å². The second kappa shape index (κ2) is 6.92. The number of alkyl halides is 3. The molecule has 0 saturated heterocycles. The van der Waals surface area contributed by atoms with E-state index in [-0.39, 0.29) is 4.47 Å². The first kappa shape index (κ1) is 18.9. The molecule has 0 aliphatic heterocycles. The fraction of sp³-hybridized carbons (Fsp3) is 0.583. The topological polar surface area (TPSA) is 22.1 Å². The molecule has 1 rings (SSSR count). The number of rotatable bonds is 5. The van der Waals surface area contributed by atoms with Gasteiger partial charge in [-0.05, 0) is 24.7 Å². The van der Waals surface area contributed by atoms with Gasteiger partial charge in [-0.25, -0.2) is 4.98 Å². The Morgan fingerprint density at radius 1 is 1.26 bits per heavy atom. The van der Waals surface area contributed by atoms with Crippen molar-refractivity contribution in [1.82, 2.24) is 4.98 Å². The monoisotopic (exact) mass is 635 g/mol. The molecule has 0 unspecified atom stereocenters. The first-order valence-corrected chi connectivity index (χ1v) is 12.3. The molecule has 7 heteroatoms. The van der Waals surface area contributed by atoms with Gasteiger partial charge in [0.15, 0.2) is 8.32 Å². The minimum atomic E-state index is -1.85. The Bertz CT molecular complexity index is 432. The standard InChI is InChI=1S/C12H17ClI3NOSi/c1-11(2,12(14,15)16)19(3,4)18-8-9-5-6-10(13)17-7-9/h5-7H,8H2,1-4H3. The summed E-state index contributed by atoms with van der Waals surface area (Å²) in [5.74, 6) is 0. The minimum Gasteiger partial charge on any atom is -0.412 e. The van der Waals surface area contributed by atoms with Gasteiger partial charge in [0.1, 0.15) is 4.59 Å². The highest BCUT2D eigenvalue weighted by Crippen LogP contribution is 2.60. The maximum atomic E-state index is 6.29. The van der Waals surface area contributed by atoms with Crippen molar-refractivity contribution in [2.75, 3.05) is 0 Å². The third-order valence-electron chi connectivity index (χ3n) is 3.60. The number of halogens is 4. The predicted molar refractivity (Wildman–Crippen MR) is 110 cm³/mol. The van der Waals surface area contributed by atoms with Crippen LogP contribution in [0.5, 0.6) is 0 Å². The van der Waals surface area contributed by atoms with Gasteiger partial charge in [0, 0.05) is 11.2 Å². The fourth-order valence-electron chi connectivity index (χ4n) is 1.28. The maximum absolute atomic E-state index is 6.29. The number of pyridine rings is 1. The third kappa shape index (κ3) is 4.90. The number of nitrogens with zero attached hydrogens (tertiary/aromatic N) is 1. The summed E-state index contributed by atoms with van der Waals surface area (Å²) in [6.07, 6.45) is 1.78. The molecule has 0 amide bonds. The normalized spacial score (nSPS) is 13.7. The van der Waals surface area contributed by atoms with Gasteiger partial charge in [-0.15, -0.1) is 0 Å². The van der Waals surface area contributed by atoms with Gasteiger partial charge in [0.2, 0.25) is 0 Å². The maximum Gasteiger partial charge on any atom is 0.195 e. The lowest BCUT2D eigenvalue weighted by atomic mass is 10.2. The van der Waals surface area contributed by atoms with Crippen LogP contribution in [0.2, 0.25) is 23.3 Å². The first-order valence-electron chi connectivity index (χ1n) is 5.78. The van der Waals surface area contributed by atoms with Crippen LogP contribution < -0.4 is 0 Å². The average Bonchev–Trinajstić information content (AvgIpc) is 2.26. The van der Waals surface area contributed by atoms with E-state index in [9.17, 15) is 0 Å². The highest BCUT2D eigenvalue weighted by atomic mass is 127. The van der Waals surface area contributed by atoms with E-state index in [0.29, 0.717) is 11.8 Å². The Labute approximate surface area is 162 Å². The van der Waals surface area contributed by atoms with Crippen LogP contribution in [-0.2, 0) is 11.0 Å². The van der Waals surface area contributed by atoms with Gasteiger partial charge in [0.25, 0.3) is 0 Å². The van der Waals surface area contributed by atoms with Crippen LogP contribution in [0.3, 0.4) is 0 Å². The summed E-state index contributed by atoms with van der Waals surface area (Å²) < 4.78 is 6.42. The van der Waals surface area contributed by atoms with Crippen molar-refractivity contribution in [3.8, 4) is 0 Å². The first-order chi connectivity index (χ1) is 8.47. The fourth-order valence-corrected chi connectivity index (χ4v) is 8.81. The summed E-state index contributed by atoms with van der Waals surface area (Å²) >= 11 is 13.3. The molecule has 108 valence electrons. The lowest BCUT2D eigenvalue weighted by Crippen LogP contribution is -2.48. The Balaban J connectivity index is 2.78. The Morgan fingerprint density at radius 2 is 1.84 bits per heavy atom. The van der Waals surface area contributed by atoms with E-state index in [1.807, 2.05) is 6.07 Å². The van der Waals surface area contributed by atoms with E-state index in [4.69, 9.17) is 16.0 Å². The van der Waals surface area contributed by atoms with Crippen molar-refractivity contribution in [2.24, 2.45) is 0 Å². The minimum absolute atomic E-state index is 0.133. The highest BCUT2D eigenvalue weighted by Gasteiger charge is 2.52. The van der Waals surface area contributed by atoms with Crippen molar-refractivity contribution in [3.05, 3.63) is 29.0 Å². The molecular formula is C12H17ClI3NOSi. The molecule has 1 heterocycles. The lowest BCUT2D eigenvalue weighted by molar-refractivity contribution is 0.276. The molecule has 0 atom stereocenters. The quantitative estimate of drug-likeness (QED) is 0.167. The summed E-state index contributed by atoms with van der Waals surface area (Å²) in [5.41, 5.74) is 1.07. The van der Waals surface area contributed by atoms with Gasteiger partial charge in [-0.2, -0.15) is 0 Å². The van der Waals surface area contributed by atoms with Crippen LogP contribution in [0.15, 0.2) is 18.3 Å². The molecule has 0 saturated carbocycles. The smallest absolute Gasteiger partial charge is 0.195 e. The van der Waals surface area contributed by atoms with Gasteiger partial charge in [-0.1, -0.05) is 99.3 Å². The third-order valence-corrected chi connectivity index (χ3v) is 13.6. The molecule has 1 aromatic rings. The van der Waals surface area contributed by atoms with Crippen LogP contribution in [0.25, 0.3) is 0 Å². The van der Waals surface area contributed by atoms with Gasteiger partial charge in [-0.3, -0.25) is 0 Å². The molecular weight excluding hydrogens is 618 g/mol. The highest BCUT2D eigenvalue weighted by molar-refractivity contribution is 14.3. The van der Waals surface area contributed by atoms with Crippen molar-refractivity contribution < 1.29 is 4.43 Å². The second-order valence-electron chi connectivity index (χ2n) is 5.41. The second-order valence-corrected chi connectivity index (χ2v) is 21.4. The molecule has 1 aromatic heterocycles. The summed E-state index contributed by atoms with van der Waals surface area (Å²) in [4.78, 5) is 4.09. The van der Waals surface area contributed by atoms with Gasteiger partial charge in [0.05, 0.1) is 6.61 Å². The van der Waals surface area contributed by atoms with Crippen LogP contribution in [0, 0.1) is 0 Å². The molecule has 0 radical (unpaired) electrons. The molecule has 0 fully saturated rings. The summed E-state index contributed by atoms with van der Waals surface area (Å²) in [6, 6.07) is 3.78. The van der Waals surface area contributed by atoms with Gasteiger partial charge >= 0.3 is 0 Å².